The number of carboxylic acids is 1. The summed E-state index contributed by atoms with van der Waals surface area (Å²) in [5, 5.41) is 11.7. The molecule has 5 heteroatoms. The number of nitrogens with zero attached hydrogens (tertiary/aromatic N) is 1. The molecule has 1 aliphatic carbocycles. The van der Waals surface area contributed by atoms with Crippen molar-refractivity contribution in [2.45, 2.75) is 27.7 Å². The predicted octanol–water partition coefficient (Wildman–Crippen LogP) is 2.40. The minimum atomic E-state index is -1.10. The third-order valence-corrected chi connectivity index (χ3v) is 4.56. The highest BCUT2D eigenvalue weighted by molar-refractivity contribution is 6.01. The molecule has 1 amide bonds. The van der Waals surface area contributed by atoms with E-state index in [0.717, 1.165) is 0 Å². The van der Waals surface area contributed by atoms with Crippen molar-refractivity contribution in [2.75, 3.05) is 5.32 Å². The molecule has 0 bridgehead atoms. The average molecular weight is 262 g/mol. The molecule has 5 nitrogen and oxygen atoms in total. The quantitative estimate of drug-likeness (QED) is 0.876. The van der Waals surface area contributed by atoms with E-state index in [2.05, 4.69) is 10.3 Å². The van der Waals surface area contributed by atoms with Crippen molar-refractivity contribution in [3.63, 3.8) is 0 Å². The van der Waals surface area contributed by atoms with E-state index < -0.39 is 5.97 Å². The number of pyridine rings is 1. The first-order valence-electron chi connectivity index (χ1n) is 6.19. The Morgan fingerprint density at radius 2 is 1.84 bits per heavy atom. The molecular formula is C14H18N2O3. The first-order valence-corrected chi connectivity index (χ1v) is 6.19. The number of anilines is 1. The third-order valence-electron chi connectivity index (χ3n) is 4.56. The van der Waals surface area contributed by atoms with Crippen LogP contribution in [0.1, 0.15) is 38.1 Å². The molecule has 1 aromatic rings. The number of aromatic nitrogens is 1. The highest BCUT2D eigenvalue weighted by atomic mass is 16.4. The molecule has 19 heavy (non-hydrogen) atoms. The van der Waals surface area contributed by atoms with E-state index >= 15 is 0 Å². The molecule has 2 rings (SSSR count). The number of aromatic carboxylic acids is 1. The molecule has 1 aliphatic rings. The highest BCUT2D eigenvalue weighted by Crippen LogP contribution is 2.68. The summed E-state index contributed by atoms with van der Waals surface area (Å²) in [7, 11) is 0. The van der Waals surface area contributed by atoms with Crippen molar-refractivity contribution in [3.05, 3.63) is 23.9 Å². The molecule has 0 atom stereocenters. The van der Waals surface area contributed by atoms with Crippen LogP contribution in [0.3, 0.4) is 0 Å². The molecule has 1 heterocycles. The Balaban J connectivity index is 2.20. The van der Waals surface area contributed by atoms with E-state index in [0.29, 0.717) is 0 Å². The molecule has 0 spiro atoms. The molecule has 0 radical (unpaired) electrons. The molecule has 1 saturated carbocycles. The van der Waals surface area contributed by atoms with Crippen molar-refractivity contribution < 1.29 is 14.7 Å². The lowest BCUT2D eigenvalue weighted by Crippen LogP contribution is -2.20. The topological polar surface area (TPSA) is 79.3 Å². The third kappa shape index (κ3) is 1.99. The van der Waals surface area contributed by atoms with Gasteiger partial charge < -0.3 is 10.4 Å². The highest BCUT2D eigenvalue weighted by Gasteiger charge is 2.68. The monoisotopic (exact) mass is 262 g/mol. The second-order valence-electron chi connectivity index (χ2n) is 6.07. The van der Waals surface area contributed by atoms with Crippen molar-refractivity contribution >= 4 is 17.7 Å². The minimum Gasteiger partial charge on any atom is -0.478 e. The number of nitrogens with one attached hydrogen (secondary N) is 1. The SMILES string of the molecule is CC1(C)C(C(=O)Nc2ncccc2C(=O)O)C1(C)C. The summed E-state index contributed by atoms with van der Waals surface area (Å²) in [6.45, 7) is 8.14. The van der Waals surface area contributed by atoms with Gasteiger partial charge in [0, 0.05) is 12.1 Å². The Morgan fingerprint density at radius 1 is 1.26 bits per heavy atom. The zero-order valence-corrected chi connectivity index (χ0v) is 11.5. The molecule has 1 aromatic heterocycles. The second kappa shape index (κ2) is 4.05. The lowest BCUT2D eigenvalue weighted by Gasteiger charge is -2.08. The van der Waals surface area contributed by atoms with Gasteiger partial charge >= 0.3 is 5.97 Å². The molecule has 0 aromatic carbocycles. The van der Waals surface area contributed by atoms with E-state index in [1.54, 1.807) is 0 Å². The molecule has 0 unspecified atom stereocenters. The van der Waals surface area contributed by atoms with Gasteiger partial charge in [0.25, 0.3) is 0 Å². The van der Waals surface area contributed by atoms with Gasteiger partial charge in [-0.05, 0) is 23.0 Å². The first-order chi connectivity index (χ1) is 8.69. The van der Waals surface area contributed by atoms with E-state index in [9.17, 15) is 9.59 Å². The summed E-state index contributed by atoms with van der Waals surface area (Å²) in [6, 6.07) is 2.96. The van der Waals surface area contributed by atoms with Gasteiger partial charge in [0.15, 0.2) is 0 Å². The molecule has 102 valence electrons. The van der Waals surface area contributed by atoms with Crippen molar-refractivity contribution in [2.24, 2.45) is 16.7 Å². The molecule has 0 saturated heterocycles. The number of hydrogen-bond acceptors (Lipinski definition) is 3. The van der Waals surface area contributed by atoms with E-state index in [1.165, 1.54) is 18.3 Å². The zero-order chi connectivity index (χ0) is 14.4. The maximum absolute atomic E-state index is 12.2. The number of carbonyl (C=O) groups is 2. The number of rotatable bonds is 3. The van der Waals surface area contributed by atoms with Gasteiger partial charge in [0.2, 0.25) is 5.91 Å². The maximum atomic E-state index is 12.2. The Bertz CT molecular complexity index is 535. The number of carbonyl (C=O) groups excluding carboxylic acids is 1. The summed E-state index contributed by atoms with van der Waals surface area (Å²) in [5.74, 6) is -1.30. The molecular weight excluding hydrogens is 244 g/mol. The number of amides is 1. The van der Waals surface area contributed by atoms with Crippen LogP contribution in [0.15, 0.2) is 18.3 Å². The fraction of sp³-hybridized carbons (Fsp3) is 0.500. The number of hydrogen-bond donors (Lipinski definition) is 2. The van der Waals surface area contributed by atoms with Crippen LogP contribution >= 0.6 is 0 Å². The van der Waals surface area contributed by atoms with Crippen molar-refractivity contribution in [3.8, 4) is 0 Å². The first kappa shape index (κ1) is 13.5. The van der Waals surface area contributed by atoms with Crippen molar-refractivity contribution in [1.82, 2.24) is 4.98 Å². The summed E-state index contributed by atoms with van der Waals surface area (Å²) in [4.78, 5) is 27.2. The van der Waals surface area contributed by atoms with Gasteiger partial charge in [0.05, 0.1) is 0 Å². The Kier molecular flexibility index (Phi) is 2.88. The smallest absolute Gasteiger partial charge is 0.339 e. The Labute approximate surface area is 112 Å². The van der Waals surface area contributed by atoms with Crippen LogP contribution in [0.4, 0.5) is 5.82 Å². The summed E-state index contributed by atoms with van der Waals surface area (Å²) in [6.07, 6.45) is 1.46. The zero-order valence-electron chi connectivity index (χ0n) is 11.5. The fourth-order valence-corrected chi connectivity index (χ4v) is 2.72. The molecule has 1 fully saturated rings. The second-order valence-corrected chi connectivity index (χ2v) is 6.07. The maximum Gasteiger partial charge on any atom is 0.339 e. The predicted molar refractivity (Wildman–Crippen MR) is 70.9 cm³/mol. The van der Waals surface area contributed by atoms with Crippen LogP contribution in [-0.4, -0.2) is 22.0 Å². The van der Waals surface area contributed by atoms with Gasteiger partial charge in [-0.15, -0.1) is 0 Å². The van der Waals surface area contributed by atoms with Crippen LogP contribution in [0.5, 0.6) is 0 Å². The Morgan fingerprint density at radius 3 is 2.32 bits per heavy atom. The van der Waals surface area contributed by atoms with E-state index in [-0.39, 0.29) is 34.0 Å². The van der Waals surface area contributed by atoms with Gasteiger partial charge in [-0.25, -0.2) is 9.78 Å². The standard InChI is InChI=1S/C14H18N2O3/c1-13(2)9(14(13,3)4)11(17)16-10-8(12(18)19)6-5-7-15-10/h5-7,9H,1-4H3,(H,18,19)(H,15,16,17). The Hall–Kier alpha value is -1.91. The van der Waals surface area contributed by atoms with Crippen LogP contribution in [0.25, 0.3) is 0 Å². The summed E-state index contributed by atoms with van der Waals surface area (Å²) < 4.78 is 0. The lowest BCUT2D eigenvalue weighted by atomic mass is 10.0. The molecule has 0 aliphatic heterocycles. The summed E-state index contributed by atoms with van der Waals surface area (Å²) in [5.41, 5.74) is -0.170. The lowest BCUT2D eigenvalue weighted by molar-refractivity contribution is -0.118. The van der Waals surface area contributed by atoms with Gasteiger partial charge in [-0.2, -0.15) is 0 Å². The minimum absolute atomic E-state index is 0.00659. The van der Waals surface area contributed by atoms with Crippen LogP contribution in [0, 0.1) is 16.7 Å². The van der Waals surface area contributed by atoms with Crippen LogP contribution < -0.4 is 5.32 Å². The van der Waals surface area contributed by atoms with E-state index in [4.69, 9.17) is 5.11 Å². The fourth-order valence-electron chi connectivity index (χ4n) is 2.72. The molecule has 2 N–H and O–H groups in total. The largest absolute Gasteiger partial charge is 0.478 e. The van der Waals surface area contributed by atoms with Crippen LogP contribution in [0.2, 0.25) is 0 Å². The van der Waals surface area contributed by atoms with Gasteiger partial charge in [-0.1, -0.05) is 27.7 Å². The normalized spacial score (nSPS) is 19.8. The van der Waals surface area contributed by atoms with E-state index in [1.807, 2.05) is 27.7 Å². The van der Waals surface area contributed by atoms with Gasteiger partial charge in [0.1, 0.15) is 11.4 Å². The average Bonchev–Trinajstić information content (AvgIpc) is 2.69. The van der Waals surface area contributed by atoms with Gasteiger partial charge in [-0.3, -0.25) is 4.79 Å². The summed E-state index contributed by atoms with van der Waals surface area (Å²) >= 11 is 0. The number of carboxylic acid groups (broad SMARTS) is 1. The van der Waals surface area contributed by atoms with Crippen molar-refractivity contribution in [1.29, 1.82) is 0 Å². The van der Waals surface area contributed by atoms with Crippen LogP contribution in [-0.2, 0) is 4.79 Å².